The molecule has 0 bridgehead atoms. The molecule has 1 aliphatic heterocycles. The van der Waals surface area contributed by atoms with Gasteiger partial charge in [-0.25, -0.2) is 0 Å². The number of hydrogen-bond donors (Lipinski definition) is 2. The lowest BCUT2D eigenvalue weighted by molar-refractivity contribution is -0.125. The minimum absolute atomic E-state index is 0.00902. The van der Waals surface area contributed by atoms with Crippen molar-refractivity contribution in [3.05, 3.63) is 30.3 Å². The number of carbonyl (C=O) groups excluding carboxylic acids is 1. The predicted octanol–water partition coefficient (Wildman–Crippen LogP) is 2.21. The molecule has 0 aliphatic carbocycles. The Balaban J connectivity index is 1.60. The topological polar surface area (TPSA) is 50.4 Å². The van der Waals surface area contributed by atoms with Crippen molar-refractivity contribution in [2.45, 2.75) is 26.2 Å². The Bertz CT molecular complexity index is 416. The molecule has 2 rings (SSSR count). The lowest BCUT2D eigenvalue weighted by atomic mass is 9.99. The van der Waals surface area contributed by atoms with Crippen LogP contribution in [0.1, 0.15) is 26.2 Å². The summed E-state index contributed by atoms with van der Waals surface area (Å²) in [7, 11) is 0. The summed E-state index contributed by atoms with van der Waals surface area (Å²) >= 11 is 0. The third-order valence-corrected chi connectivity index (χ3v) is 3.97. The highest BCUT2D eigenvalue weighted by Gasteiger charge is 2.17. The highest BCUT2D eigenvalue weighted by molar-refractivity contribution is 5.78. The average molecular weight is 290 g/mol. The summed E-state index contributed by atoms with van der Waals surface area (Å²) in [6, 6.07) is 9.72. The van der Waals surface area contributed by atoms with Crippen molar-refractivity contribution in [1.29, 1.82) is 0 Å². The fourth-order valence-electron chi connectivity index (χ4n) is 2.52. The van der Waals surface area contributed by atoms with Gasteiger partial charge in [-0.1, -0.05) is 25.1 Å². The third-order valence-electron chi connectivity index (χ3n) is 3.97. The van der Waals surface area contributed by atoms with Crippen LogP contribution in [0.2, 0.25) is 0 Å². The van der Waals surface area contributed by atoms with Crippen molar-refractivity contribution in [2.75, 3.05) is 26.2 Å². The molecular weight excluding hydrogens is 264 g/mol. The summed E-state index contributed by atoms with van der Waals surface area (Å²) in [6.45, 7) is 5.45. The summed E-state index contributed by atoms with van der Waals surface area (Å²) in [5.74, 6) is 1.57. The van der Waals surface area contributed by atoms with Crippen molar-refractivity contribution in [3.8, 4) is 5.75 Å². The second-order valence-electron chi connectivity index (χ2n) is 5.81. The van der Waals surface area contributed by atoms with Crippen molar-refractivity contribution in [1.82, 2.24) is 10.6 Å². The van der Waals surface area contributed by atoms with Crippen LogP contribution in [0.3, 0.4) is 0 Å². The van der Waals surface area contributed by atoms with Gasteiger partial charge in [0.05, 0.1) is 6.61 Å². The van der Waals surface area contributed by atoms with E-state index in [1.807, 2.05) is 37.3 Å². The van der Waals surface area contributed by atoms with Gasteiger partial charge in [-0.05, 0) is 50.4 Å². The van der Waals surface area contributed by atoms with Crippen LogP contribution in [0.5, 0.6) is 5.75 Å². The molecule has 0 aromatic heterocycles. The van der Waals surface area contributed by atoms with E-state index in [-0.39, 0.29) is 11.8 Å². The van der Waals surface area contributed by atoms with E-state index in [2.05, 4.69) is 10.6 Å². The molecule has 0 spiro atoms. The van der Waals surface area contributed by atoms with E-state index in [0.29, 0.717) is 12.5 Å². The fourth-order valence-corrected chi connectivity index (χ4v) is 2.52. The van der Waals surface area contributed by atoms with Gasteiger partial charge in [0.15, 0.2) is 0 Å². The zero-order chi connectivity index (χ0) is 14.9. The van der Waals surface area contributed by atoms with Crippen LogP contribution in [0.15, 0.2) is 30.3 Å². The average Bonchev–Trinajstić information content (AvgIpc) is 2.54. The molecule has 1 aliphatic rings. The number of carbonyl (C=O) groups is 1. The van der Waals surface area contributed by atoms with E-state index in [0.717, 1.165) is 31.8 Å². The maximum Gasteiger partial charge on any atom is 0.222 e. The zero-order valence-corrected chi connectivity index (χ0v) is 12.8. The lowest BCUT2D eigenvalue weighted by Gasteiger charge is -2.23. The highest BCUT2D eigenvalue weighted by atomic mass is 16.5. The Morgan fingerprint density at radius 3 is 2.95 bits per heavy atom. The molecule has 1 amide bonds. The monoisotopic (exact) mass is 290 g/mol. The number of hydrogen-bond acceptors (Lipinski definition) is 3. The summed E-state index contributed by atoms with van der Waals surface area (Å²) in [6.07, 6.45) is 3.16. The molecule has 1 saturated heterocycles. The molecular formula is C17H26N2O2. The van der Waals surface area contributed by atoms with E-state index >= 15 is 0 Å². The zero-order valence-electron chi connectivity index (χ0n) is 12.8. The minimum Gasteiger partial charge on any atom is -0.494 e. The van der Waals surface area contributed by atoms with Gasteiger partial charge >= 0.3 is 0 Å². The Morgan fingerprint density at radius 1 is 1.43 bits per heavy atom. The summed E-state index contributed by atoms with van der Waals surface area (Å²) in [5.41, 5.74) is 0. The highest BCUT2D eigenvalue weighted by Crippen LogP contribution is 2.11. The van der Waals surface area contributed by atoms with Crippen LogP contribution in [-0.4, -0.2) is 32.1 Å². The van der Waals surface area contributed by atoms with E-state index in [1.165, 1.54) is 12.8 Å². The van der Waals surface area contributed by atoms with Gasteiger partial charge < -0.3 is 15.4 Å². The van der Waals surface area contributed by atoms with E-state index in [4.69, 9.17) is 4.74 Å². The van der Waals surface area contributed by atoms with Gasteiger partial charge in [0.25, 0.3) is 0 Å². The number of piperidine rings is 1. The van der Waals surface area contributed by atoms with Crippen LogP contribution in [-0.2, 0) is 4.79 Å². The fraction of sp³-hybridized carbons (Fsp3) is 0.588. The number of nitrogens with one attached hydrogen (secondary N) is 2. The molecule has 116 valence electrons. The molecule has 4 nitrogen and oxygen atoms in total. The van der Waals surface area contributed by atoms with Crippen molar-refractivity contribution < 1.29 is 9.53 Å². The third kappa shape index (κ3) is 5.76. The van der Waals surface area contributed by atoms with Gasteiger partial charge in [-0.2, -0.15) is 0 Å². The smallest absolute Gasteiger partial charge is 0.222 e. The number of ether oxygens (including phenoxy) is 1. The van der Waals surface area contributed by atoms with Crippen LogP contribution < -0.4 is 15.4 Å². The predicted molar refractivity (Wildman–Crippen MR) is 84.3 cm³/mol. The summed E-state index contributed by atoms with van der Waals surface area (Å²) in [5, 5.41) is 6.44. The lowest BCUT2D eigenvalue weighted by Crippen LogP contribution is -2.39. The van der Waals surface area contributed by atoms with E-state index in [1.54, 1.807) is 0 Å². The Kier molecular flexibility index (Phi) is 6.54. The maximum atomic E-state index is 12.0. The Labute approximate surface area is 127 Å². The largest absolute Gasteiger partial charge is 0.494 e. The molecule has 4 heteroatoms. The SMILES string of the molecule is CC(CCOc1ccccc1)C(=O)NCC1CCCNC1. The molecule has 1 fully saturated rings. The molecule has 2 N–H and O–H groups in total. The van der Waals surface area contributed by atoms with Crippen LogP contribution >= 0.6 is 0 Å². The first-order valence-electron chi connectivity index (χ1n) is 7.92. The second-order valence-corrected chi connectivity index (χ2v) is 5.81. The van der Waals surface area contributed by atoms with E-state index < -0.39 is 0 Å². The first-order chi connectivity index (χ1) is 10.3. The van der Waals surface area contributed by atoms with Crippen LogP contribution in [0.4, 0.5) is 0 Å². The molecule has 1 aromatic rings. The minimum atomic E-state index is -0.00902. The van der Waals surface area contributed by atoms with E-state index in [9.17, 15) is 4.79 Å². The molecule has 0 saturated carbocycles. The van der Waals surface area contributed by atoms with Crippen molar-refractivity contribution in [2.24, 2.45) is 11.8 Å². The van der Waals surface area contributed by atoms with Crippen molar-refractivity contribution >= 4 is 5.91 Å². The maximum absolute atomic E-state index is 12.0. The molecule has 2 atom stereocenters. The van der Waals surface area contributed by atoms with Gasteiger partial charge in [0.1, 0.15) is 5.75 Å². The standard InChI is InChI=1S/C17H26N2O2/c1-14(9-11-21-16-7-3-2-4-8-16)17(20)19-13-15-6-5-10-18-12-15/h2-4,7-8,14-15,18H,5-6,9-13H2,1H3,(H,19,20). The van der Waals surface area contributed by atoms with Crippen LogP contribution in [0.25, 0.3) is 0 Å². The normalized spacial score (nSPS) is 19.8. The number of para-hydroxylation sites is 1. The van der Waals surface area contributed by atoms with Gasteiger partial charge in [0, 0.05) is 12.5 Å². The van der Waals surface area contributed by atoms with Gasteiger partial charge in [-0.3, -0.25) is 4.79 Å². The molecule has 2 unspecified atom stereocenters. The first kappa shape index (κ1) is 15.8. The second kappa shape index (κ2) is 8.67. The number of rotatable bonds is 7. The first-order valence-corrected chi connectivity index (χ1v) is 7.92. The molecule has 0 radical (unpaired) electrons. The molecule has 21 heavy (non-hydrogen) atoms. The Morgan fingerprint density at radius 2 is 2.24 bits per heavy atom. The Hall–Kier alpha value is -1.55. The number of benzene rings is 1. The summed E-state index contributed by atoms with van der Waals surface area (Å²) < 4.78 is 5.63. The molecule has 1 heterocycles. The molecule has 1 aromatic carbocycles. The van der Waals surface area contributed by atoms with Crippen molar-refractivity contribution in [3.63, 3.8) is 0 Å². The quantitative estimate of drug-likeness (QED) is 0.809. The van der Waals surface area contributed by atoms with Gasteiger partial charge in [0.2, 0.25) is 5.91 Å². The summed E-state index contributed by atoms with van der Waals surface area (Å²) in [4.78, 5) is 12.0. The van der Waals surface area contributed by atoms with Crippen LogP contribution in [0, 0.1) is 11.8 Å². The number of amides is 1. The van der Waals surface area contributed by atoms with Gasteiger partial charge in [-0.15, -0.1) is 0 Å².